The highest BCUT2D eigenvalue weighted by atomic mass is 28.4. The molecule has 0 unspecified atom stereocenters. The molecule has 0 aliphatic carbocycles. The van der Waals surface area contributed by atoms with E-state index in [0.717, 1.165) is 0 Å². The Balaban J connectivity index is 1.42. The van der Waals surface area contributed by atoms with Crippen LogP contribution >= 0.6 is 0 Å². The number of aliphatic hydroxyl groups is 2. The van der Waals surface area contributed by atoms with Crippen LogP contribution in [0.4, 0.5) is 0 Å². The van der Waals surface area contributed by atoms with Gasteiger partial charge in [0.1, 0.15) is 55.9 Å². The molecule has 16 heteroatoms. The number of carbonyl (C=O) groups is 2. The van der Waals surface area contributed by atoms with Crippen molar-refractivity contribution in [3.8, 4) is 0 Å². The van der Waals surface area contributed by atoms with Gasteiger partial charge in [-0.1, -0.05) is 69.2 Å². The minimum absolute atomic E-state index is 0.217. The lowest BCUT2D eigenvalue weighted by Gasteiger charge is -2.50. The molecule has 0 aromatic heterocycles. The second-order valence-corrected chi connectivity index (χ2v) is 19.9. The monoisotopic (exact) mass is 757 g/mol. The Kier molecular flexibility index (Phi) is 12.7. The second-order valence-electron chi connectivity index (χ2n) is 15.4. The molecule has 2 aromatic carbocycles. The molecule has 3 aliphatic heterocycles. The van der Waals surface area contributed by atoms with Crippen molar-refractivity contribution in [2.24, 2.45) is 11.0 Å². The van der Waals surface area contributed by atoms with Gasteiger partial charge in [0, 0.05) is 4.91 Å². The van der Waals surface area contributed by atoms with Gasteiger partial charge in [-0.2, -0.15) is 0 Å². The van der Waals surface area contributed by atoms with Crippen LogP contribution in [-0.4, -0.2) is 111 Å². The molecule has 3 heterocycles. The van der Waals surface area contributed by atoms with Gasteiger partial charge in [0.15, 0.2) is 26.7 Å². The van der Waals surface area contributed by atoms with E-state index < -0.39 is 94.0 Å². The van der Waals surface area contributed by atoms with E-state index >= 15 is 0 Å². The van der Waals surface area contributed by atoms with Crippen molar-refractivity contribution in [3.63, 3.8) is 0 Å². The minimum Gasteiger partial charge on any atom is -0.459 e. The van der Waals surface area contributed by atoms with Crippen LogP contribution in [-0.2, 0) is 37.6 Å². The Bertz CT molecular complexity index is 1610. The van der Waals surface area contributed by atoms with Gasteiger partial charge >= 0.3 is 11.9 Å². The van der Waals surface area contributed by atoms with E-state index in [2.05, 4.69) is 37.7 Å². The highest BCUT2D eigenvalue weighted by Crippen LogP contribution is 2.46. The van der Waals surface area contributed by atoms with Gasteiger partial charge in [0.25, 0.3) is 0 Å². The summed E-state index contributed by atoms with van der Waals surface area (Å²) in [6, 6.07) is 15.4. The third-order valence-corrected chi connectivity index (χ3v) is 15.3. The van der Waals surface area contributed by atoms with E-state index in [1.165, 1.54) is 0 Å². The van der Waals surface area contributed by atoms with Crippen LogP contribution in [0, 0.1) is 5.92 Å². The summed E-state index contributed by atoms with van der Waals surface area (Å²) in [5.74, 6) is -2.16. The number of aliphatic hydroxyl groups excluding tert-OH is 2. The lowest BCUT2D eigenvalue weighted by Crippen LogP contribution is -2.65. The molecule has 0 bridgehead atoms. The number of hydrogen-bond acceptors (Lipinski definition) is 13. The summed E-state index contributed by atoms with van der Waals surface area (Å²) in [4.78, 5) is 28.9. The molecule has 3 fully saturated rings. The molecule has 2 N–H and O–H groups in total. The number of carbonyl (C=O) groups excluding carboxylic acids is 2. The number of esters is 2. The van der Waals surface area contributed by atoms with E-state index in [1.807, 2.05) is 13.1 Å². The smallest absolute Gasteiger partial charge is 0.338 e. The summed E-state index contributed by atoms with van der Waals surface area (Å²) in [5.41, 5.74) is 10.2. The first-order valence-electron chi connectivity index (χ1n) is 17.8. The summed E-state index contributed by atoms with van der Waals surface area (Å²) >= 11 is 0. The fourth-order valence-electron chi connectivity index (χ4n) is 6.51. The predicted molar refractivity (Wildman–Crippen MR) is 192 cm³/mol. The van der Waals surface area contributed by atoms with Crippen LogP contribution in [0.25, 0.3) is 10.4 Å². The predicted octanol–water partition coefficient (Wildman–Crippen LogP) is 5.11. The maximum Gasteiger partial charge on any atom is 0.338 e. The van der Waals surface area contributed by atoms with Crippen molar-refractivity contribution in [3.05, 3.63) is 82.2 Å². The molecule has 0 spiro atoms. The van der Waals surface area contributed by atoms with E-state index in [0.29, 0.717) is 11.1 Å². The Labute approximate surface area is 310 Å². The van der Waals surface area contributed by atoms with Gasteiger partial charge in [-0.05, 0) is 67.7 Å². The Morgan fingerprint density at radius 2 is 1.38 bits per heavy atom. The van der Waals surface area contributed by atoms with Gasteiger partial charge in [-0.25, -0.2) is 9.59 Å². The number of hydrogen-bond donors (Lipinski definition) is 2. The lowest BCUT2D eigenvalue weighted by molar-refractivity contribution is -0.333. The summed E-state index contributed by atoms with van der Waals surface area (Å²) in [6.45, 7) is 15.0. The Morgan fingerprint density at radius 1 is 0.868 bits per heavy atom. The van der Waals surface area contributed by atoms with Gasteiger partial charge in [0.2, 0.25) is 0 Å². The SMILES string of the molecule is CC(C)C(C)(C)[Si](C)(C)O[C@@H]1O[C@H](COC(=O)c2ccccc2)[C@@H](O[C@@H]2O[C@H](COC(=O)c3ccccc3)[C@@H]3OC(C)(C)O[C@@H]3[C@H]2O)[C@H](O)[C@H]1N=[N+]=[N-]. The van der Waals surface area contributed by atoms with Crippen molar-refractivity contribution >= 4 is 20.3 Å². The van der Waals surface area contributed by atoms with Crippen LogP contribution in [0.3, 0.4) is 0 Å². The zero-order valence-corrected chi connectivity index (χ0v) is 32.4. The topological polar surface area (TPSA) is 197 Å². The zero-order chi connectivity index (χ0) is 38.7. The number of azide groups is 1. The van der Waals surface area contributed by atoms with E-state index in [9.17, 15) is 25.3 Å². The largest absolute Gasteiger partial charge is 0.459 e. The molecular formula is C37H51N3O12Si. The molecule has 0 amide bonds. The molecule has 0 radical (unpaired) electrons. The molecule has 10 atom stereocenters. The van der Waals surface area contributed by atoms with Gasteiger partial charge in [-0.15, -0.1) is 0 Å². The number of rotatable bonds is 13. The van der Waals surface area contributed by atoms with Crippen molar-refractivity contribution in [1.82, 2.24) is 0 Å². The number of ether oxygens (including phenoxy) is 7. The molecule has 2 aromatic rings. The first-order chi connectivity index (χ1) is 25.0. The van der Waals surface area contributed by atoms with Gasteiger partial charge in [0.05, 0.1) is 17.2 Å². The Hall–Kier alpha value is -3.41. The first-order valence-corrected chi connectivity index (χ1v) is 20.7. The highest BCUT2D eigenvalue weighted by molar-refractivity contribution is 6.74. The van der Waals surface area contributed by atoms with Crippen LogP contribution in [0.2, 0.25) is 18.1 Å². The third-order valence-electron chi connectivity index (χ3n) is 10.8. The van der Waals surface area contributed by atoms with Crippen molar-refractivity contribution in [1.29, 1.82) is 0 Å². The quantitative estimate of drug-likeness (QED) is 0.0902. The molecule has 3 aliphatic rings. The average Bonchev–Trinajstić information content (AvgIpc) is 3.46. The second kappa shape index (κ2) is 16.5. The molecule has 53 heavy (non-hydrogen) atoms. The summed E-state index contributed by atoms with van der Waals surface area (Å²) in [6.07, 6.45) is -11.2. The number of benzene rings is 2. The van der Waals surface area contributed by atoms with Crippen LogP contribution in [0.15, 0.2) is 65.8 Å². The van der Waals surface area contributed by atoms with Crippen molar-refractivity contribution in [2.75, 3.05) is 13.2 Å². The maximum atomic E-state index is 13.1. The van der Waals surface area contributed by atoms with Gasteiger partial charge < -0.3 is 47.8 Å². The number of fused-ring (bicyclic) bond motifs is 1. The Morgan fingerprint density at radius 3 is 1.91 bits per heavy atom. The summed E-state index contributed by atoms with van der Waals surface area (Å²) < 4.78 is 48.9. The minimum atomic E-state index is -2.67. The molecule has 290 valence electrons. The molecule has 3 saturated heterocycles. The van der Waals surface area contributed by atoms with Crippen LogP contribution in [0.5, 0.6) is 0 Å². The van der Waals surface area contributed by atoms with E-state index in [-0.39, 0.29) is 17.6 Å². The fraction of sp³-hybridized carbons (Fsp3) is 0.622. The molecule has 5 rings (SSSR count). The summed E-state index contributed by atoms with van der Waals surface area (Å²) in [5, 5.41) is 27.1. The van der Waals surface area contributed by atoms with E-state index in [1.54, 1.807) is 74.5 Å². The normalized spacial score (nSPS) is 31.3. The first kappa shape index (κ1) is 40.8. The molecular weight excluding hydrogens is 707 g/mol. The van der Waals surface area contributed by atoms with Crippen molar-refractivity contribution in [2.45, 2.75) is 127 Å². The lowest BCUT2D eigenvalue weighted by atomic mass is 9.96. The molecule has 15 nitrogen and oxygen atoms in total. The van der Waals surface area contributed by atoms with Crippen molar-refractivity contribution < 1.29 is 57.4 Å². The number of nitrogens with zero attached hydrogens (tertiary/aromatic N) is 3. The summed E-state index contributed by atoms with van der Waals surface area (Å²) in [7, 11) is -2.67. The van der Waals surface area contributed by atoms with Gasteiger partial charge in [-0.3, -0.25) is 0 Å². The third kappa shape index (κ3) is 9.11. The van der Waals surface area contributed by atoms with Crippen LogP contribution in [0.1, 0.15) is 62.3 Å². The standard InChI is InChI=1S/C37H51N3O12Si/c1-21(2)36(3,4)53(7,8)52-34-26(39-40-38)27(41)29(24(47-34)19-45-32(43)22-15-11-9-12-16-22)49-35-28(42)31-30(50-37(5,6)51-31)25(48-35)20-46-33(44)23-17-13-10-14-18-23/h9-18,21,24-31,34-35,41-42H,19-20H2,1-8H3/t24-,25-,26-,27-,28-,29-,30+,31-,34+,35+/m1/s1. The average molecular weight is 758 g/mol. The van der Waals surface area contributed by atoms with E-state index in [4.69, 9.17) is 37.6 Å². The molecule has 0 saturated carbocycles. The zero-order valence-electron chi connectivity index (χ0n) is 31.4. The van der Waals surface area contributed by atoms with Crippen LogP contribution < -0.4 is 0 Å². The highest BCUT2D eigenvalue weighted by Gasteiger charge is 2.58. The fourth-order valence-corrected chi connectivity index (χ4v) is 8.98. The maximum absolute atomic E-state index is 13.1.